The van der Waals surface area contributed by atoms with Gasteiger partial charge in [-0.05, 0) is 12.8 Å². The fourth-order valence-corrected chi connectivity index (χ4v) is 2.12. The summed E-state index contributed by atoms with van der Waals surface area (Å²) in [7, 11) is 1.81. The van der Waals surface area contributed by atoms with Crippen molar-refractivity contribution in [2.45, 2.75) is 18.9 Å². The molecule has 7 heteroatoms. The predicted molar refractivity (Wildman–Crippen MR) is 66.6 cm³/mol. The molecule has 1 aliphatic rings. The van der Waals surface area contributed by atoms with Crippen molar-refractivity contribution in [2.75, 3.05) is 18.5 Å². The van der Waals surface area contributed by atoms with Crippen LogP contribution in [0.1, 0.15) is 12.8 Å². The summed E-state index contributed by atoms with van der Waals surface area (Å²) < 4.78 is 7.23. The molecule has 0 saturated carbocycles. The Bertz CT molecular complexity index is 611. The van der Waals surface area contributed by atoms with E-state index in [0.717, 1.165) is 19.4 Å². The Morgan fingerprint density at radius 2 is 2.56 bits per heavy atom. The quantitative estimate of drug-likeness (QED) is 0.814. The van der Waals surface area contributed by atoms with E-state index in [0.29, 0.717) is 23.7 Å². The molecule has 0 aliphatic carbocycles. The van der Waals surface area contributed by atoms with Crippen molar-refractivity contribution in [3.8, 4) is 0 Å². The van der Waals surface area contributed by atoms with Gasteiger partial charge < -0.3 is 14.6 Å². The molecule has 0 spiro atoms. The zero-order chi connectivity index (χ0) is 12.5. The standard InChI is InChI=1S/C11H15N5O2/c1-16-6-13-8-9(16)14-11(15-10(8)17)12-5-7-3-2-4-18-7/h6-7H,2-5H2,1H3,(H2,12,14,15,17). The van der Waals surface area contributed by atoms with Crippen LogP contribution >= 0.6 is 0 Å². The fraction of sp³-hybridized carbons (Fsp3) is 0.545. The van der Waals surface area contributed by atoms with Gasteiger partial charge in [-0.15, -0.1) is 0 Å². The Balaban J connectivity index is 1.83. The number of H-pyrrole nitrogens is 1. The maximum Gasteiger partial charge on any atom is 0.280 e. The molecule has 1 aliphatic heterocycles. The Kier molecular flexibility index (Phi) is 2.75. The number of ether oxygens (including phenoxy) is 1. The third kappa shape index (κ3) is 1.97. The van der Waals surface area contributed by atoms with Crippen LogP contribution in [0, 0.1) is 0 Å². The highest BCUT2D eigenvalue weighted by atomic mass is 16.5. The lowest BCUT2D eigenvalue weighted by atomic mass is 10.2. The van der Waals surface area contributed by atoms with E-state index in [1.54, 1.807) is 10.9 Å². The molecule has 1 unspecified atom stereocenters. The third-order valence-electron chi connectivity index (χ3n) is 3.09. The summed E-state index contributed by atoms with van der Waals surface area (Å²) in [4.78, 5) is 22.8. The van der Waals surface area contributed by atoms with Crippen LogP contribution in [0.2, 0.25) is 0 Å². The number of hydrogen-bond donors (Lipinski definition) is 2. The molecule has 1 fully saturated rings. The highest BCUT2D eigenvalue weighted by molar-refractivity contribution is 5.70. The summed E-state index contributed by atoms with van der Waals surface area (Å²) in [5.74, 6) is 0.464. The van der Waals surface area contributed by atoms with Crippen molar-refractivity contribution in [1.29, 1.82) is 0 Å². The summed E-state index contributed by atoms with van der Waals surface area (Å²) in [6, 6.07) is 0. The minimum Gasteiger partial charge on any atom is -0.376 e. The number of hydrogen-bond acceptors (Lipinski definition) is 5. The predicted octanol–water partition coefficient (Wildman–Crippen LogP) is 0.247. The molecule has 2 aromatic heterocycles. The number of rotatable bonds is 3. The van der Waals surface area contributed by atoms with Gasteiger partial charge in [0.15, 0.2) is 11.2 Å². The average Bonchev–Trinajstić information content (AvgIpc) is 2.98. The van der Waals surface area contributed by atoms with Gasteiger partial charge in [-0.1, -0.05) is 0 Å². The van der Waals surface area contributed by atoms with E-state index in [-0.39, 0.29) is 11.7 Å². The van der Waals surface area contributed by atoms with Crippen LogP contribution < -0.4 is 10.9 Å². The Hall–Kier alpha value is -1.89. The molecule has 2 N–H and O–H groups in total. The van der Waals surface area contributed by atoms with Crippen LogP contribution in [0.4, 0.5) is 5.95 Å². The molecule has 0 radical (unpaired) electrons. The van der Waals surface area contributed by atoms with Gasteiger partial charge in [0, 0.05) is 20.2 Å². The Morgan fingerprint density at radius 3 is 3.33 bits per heavy atom. The summed E-state index contributed by atoms with van der Waals surface area (Å²) in [6.07, 6.45) is 3.93. The van der Waals surface area contributed by atoms with Crippen molar-refractivity contribution in [3.05, 3.63) is 16.7 Å². The lowest BCUT2D eigenvalue weighted by molar-refractivity contribution is 0.120. The van der Waals surface area contributed by atoms with E-state index in [9.17, 15) is 4.79 Å². The number of nitrogens with one attached hydrogen (secondary N) is 2. The van der Waals surface area contributed by atoms with Crippen LogP contribution in [0.25, 0.3) is 11.2 Å². The number of aromatic nitrogens is 4. The smallest absolute Gasteiger partial charge is 0.280 e. The largest absolute Gasteiger partial charge is 0.376 e. The Labute approximate surface area is 103 Å². The van der Waals surface area contributed by atoms with Gasteiger partial charge in [0.1, 0.15) is 0 Å². The van der Waals surface area contributed by atoms with Gasteiger partial charge in [0.2, 0.25) is 5.95 Å². The molecule has 1 atom stereocenters. The third-order valence-corrected chi connectivity index (χ3v) is 3.09. The minimum atomic E-state index is -0.226. The van der Waals surface area contributed by atoms with Gasteiger partial charge in [-0.2, -0.15) is 4.98 Å². The van der Waals surface area contributed by atoms with E-state index in [1.807, 2.05) is 7.05 Å². The second-order valence-electron chi connectivity index (χ2n) is 4.46. The van der Waals surface area contributed by atoms with Crippen molar-refractivity contribution in [2.24, 2.45) is 7.05 Å². The van der Waals surface area contributed by atoms with Crippen molar-refractivity contribution >= 4 is 17.1 Å². The van der Waals surface area contributed by atoms with Crippen molar-refractivity contribution in [1.82, 2.24) is 19.5 Å². The molecular weight excluding hydrogens is 234 g/mol. The van der Waals surface area contributed by atoms with Crippen LogP contribution in [0.15, 0.2) is 11.1 Å². The zero-order valence-electron chi connectivity index (χ0n) is 10.1. The number of aromatic amines is 1. The van der Waals surface area contributed by atoms with Crippen LogP contribution in [0.3, 0.4) is 0 Å². The minimum absolute atomic E-state index is 0.206. The van der Waals surface area contributed by atoms with Crippen LogP contribution in [0.5, 0.6) is 0 Å². The number of nitrogens with zero attached hydrogens (tertiary/aromatic N) is 3. The van der Waals surface area contributed by atoms with E-state index in [2.05, 4.69) is 20.3 Å². The molecule has 2 aromatic rings. The van der Waals surface area contributed by atoms with Gasteiger partial charge in [-0.3, -0.25) is 9.78 Å². The molecule has 96 valence electrons. The second kappa shape index (κ2) is 4.41. The van der Waals surface area contributed by atoms with E-state index < -0.39 is 0 Å². The second-order valence-corrected chi connectivity index (χ2v) is 4.46. The fourth-order valence-electron chi connectivity index (χ4n) is 2.12. The van der Waals surface area contributed by atoms with Gasteiger partial charge >= 0.3 is 0 Å². The Morgan fingerprint density at radius 1 is 1.67 bits per heavy atom. The number of fused-ring (bicyclic) bond motifs is 1. The van der Waals surface area contributed by atoms with Crippen molar-refractivity contribution < 1.29 is 4.74 Å². The van der Waals surface area contributed by atoms with E-state index in [1.165, 1.54) is 0 Å². The van der Waals surface area contributed by atoms with E-state index in [4.69, 9.17) is 4.74 Å². The summed E-state index contributed by atoms with van der Waals surface area (Å²) in [6.45, 7) is 1.48. The lowest BCUT2D eigenvalue weighted by Crippen LogP contribution is -2.21. The van der Waals surface area contributed by atoms with Crippen LogP contribution in [-0.2, 0) is 11.8 Å². The zero-order valence-corrected chi connectivity index (χ0v) is 10.1. The molecule has 18 heavy (non-hydrogen) atoms. The first-order chi connectivity index (χ1) is 8.74. The average molecular weight is 249 g/mol. The van der Waals surface area contributed by atoms with Crippen LogP contribution in [-0.4, -0.2) is 38.8 Å². The first kappa shape index (κ1) is 11.2. The monoisotopic (exact) mass is 249 g/mol. The van der Waals surface area contributed by atoms with Crippen molar-refractivity contribution in [3.63, 3.8) is 0 Å². The maximum atomic E-state index is 11.8. The topological polar surface area (TPSA) is 84.8 Å². The molecular formula is C11H15N5O2. The molecule has 0 bridgehead atoms. The van der Waals surface area contributed by atoms with Gasteiger partial charge in [0.05, 0.1) is 12.4 Å². The highest BCUT2D eigenvalue weighted by Gasteiger charge is 2.16. The number of aryl methyl sites for hydroxylation is 1. The van der Waals surface area contributed by atoms with Gasteiger partial charge in [-0.25, -0.2) is 4.98 Å². The molecule has 3 heterocycles. The first-order valence-electron chi connectivity index (χ1n) is 6.01. The SMILES string of the molecule is Cn1cnc2c(=O)[nH]c(NCC3CCCO3)nc21. The number of imidazole rings is 1. The molecule has 0 amide bonds. The first-order valence-corrected chi connectivity index (χ1v) is 6.01. The summed E-state index contributed by atoms with van der Waals surface area (Å²) in [5.41, 5.74) is 0.712. The lowest BCUT2D eigenvalue weighted by Gasteiger charge is -2.10. The molecule has 0 aromatic carbocycles. The summed E-state index contributed by atoms with van der Waals surface area (Å²) >= 11 is 0. The highest BCUT2D eigenvalue weighted by Crippen LogP contribution is 2.12. The molecule has 1 saturated heterocycles. The normalized spacial score (nSPS) is 19.5. The molecule has 7 nitrogen and oxygen atoms in total. The van der Waals surface area contributed by atoms with E-state index >= 15 is 0 Å². The maximum absolute atomic E-state index is 11.8. The van der Waals surface area contributed by atoms with Gasteiger partial charge in [0.25, 0.3) is 5.56 Å². The molecule has 3 rings (SSSR count). The summed E-state index contributed by atoms with van der Waals surface area (Å²) in [5, 5.41) is 3.10. The number of anilines is 1.